The van der Waals surface area contributed by atoms with Gasteiger partial charge in [-0.15, -0.1) is 0 Å². The standard InChI is InChI=1S/C18H16F3IN2O6S/c19-18(20,21)15(10-31(27,28)29)24-16(25)12-6-7-14(13(22)8-12)23-17(26)30-9-11-4-2-1-3-5-11/h1-8,15H,9-10H2,(H,23,26)(H,24,25)(H,27,28,29). The largest absolute Gasteiger partial charge is 0.444 e. The van der Waals surface area contributed by atoms with Crippen LogP contribution in [0.4, 0.5) is 23.7 Å². The lowest BCUT2D eigenvalue weighted by Gasteiger charge is -2.20. The van der Waals surface area contributed by atoms with Crippen LogP contribution >= 0.6 is 22.6 Å². The minimum Gasteiger partial charge on any atom is -0.444 e. The molecule has 0 aromatic heterocycles. The Labute approximate surface area is 189 Å². The molecule has 0 bridgehead atoms. The zero-order valence-electron chi connectivity index (χ0n) is 15.5. The molecule has 31 heavy (non-hydrogen) atoms. The molecular weight excluding hydrogens is 556 g/mol. The number of hydrogen-bond donors (Lipinski definition) is 3. The molecule has 1 atom stereocenters. The van der Waals surface area contributed by atoms with Crippen LogP contribution in [-0.4, -0.2) is 42.9 Å². The Morgan fingerprint density at radius 1 is 1.13 bits per heavy atom. The van der Waals surface area contributed by atoms with Crippen LogP contribution in [0.3, 0.4) is 0 Å². The van der Waals surface area contributed by atoms with Crippen molar-refractivity contribution in [3.63, 3.8) is 0 Å². The zero-order chi connectivity index (χ0) is 23.2. The van der Waals surface area contributed by atoms with Crippen LogP contribution in [0.15, 0.2) is 48.5 Å². The van der Waals surface area contributed by atoms with Crippen LogP contribution in [0.5, 0.6) is 0 Å². The second-order valence-electron chi connectivity index (χ2n) is 6.20. The van der Waals surface area contributed by atoms with Crippen molar-refractivity contribution in [3.05, 3.63) is 63.2 Å². The molecule has 0 fully saturated rings. The number of carbonyl (C=O) groups excluding carboxylic acids is 2. The lowest BCUT2D eigenvalue weighted by atomic mass is 10.2. The number of anilines is 1. The maximum atomic E-state index is 13.0. The van der Waals surface area contributed by atoms with Crippen molar-refractivity contribution < 1.29 is 40.5 Å². The van der Waals surface area contributed by atoms with Gasteiger partial charge in [0.2, 0.25) is 0 Å². The number of carbonyl (C=O) groups is 2. The predicted octanol–water partition coefficient (Wildman–Crippen LogP) is 3.59. The molecule has 13 heteroatoms. The van der Waals surface area contributed by atoms with Crippen molar-refractivity contribution in [1.29, 1.82) is 0 Å². The number of rotatable bonds is 7. The number of benzene rings is 2. The molecular formula is C18H16F3IN2O6S. The summed E-state index contributed by atoms with van der Waals surface area (Å²) >= 11 is 1.76. The Balaban J connectivity index is 2.03. The number of halogens is 4. The van der Waals surface area contributed by atoms with Gasteiger partial charge in [-0.2, -0.15) is 21.6 Å². The second kappa shape index (κ2) is 10.3. The van der Waals surface area contributed by atoms with Crippen molar-refractivity contribution in [3.8, 4) is 0 Å². The number of ether oxygens (including phenoxy) is 1. The average Bonchev–Trinajstić information content (AvgIpc) is 2.66. The van der Waals surface area contributed by atoms with E-state index in [0.29, 0.717) is 3.57 Å². The zero-order valence-corrected chi connectivity index (χ0v) is 18.5. The first-order chi connectivity index (χ1) is 14.3. The van der Waals surface area contributed by atoms with Crippen molar-refractivity contribution in [2.75, 3.05) is 11.1 Å². The third-order valence-corrected chi connectivity index (χ3v) is 5.41. The van der Waals surface area contributed by atoms with Crippen LogP contribution < -0.4 is 10.6 Å². The van der Waals surface area contributed by atoms with E-state index in [1.807, 2.05) is 6.07 Å². The third-order valence-electron chi connectivity index (χ3n) is 3.76. The minimum atomic E-state index is -5.09. The van der Waals surface area contributed by atoms with E-state index in [1.54, 1.807) is 46.9 Å². The van der Waals surface area contributed by atoms with Crippen LogP contribution in [0, 0.1) is 3.57 Å². The van der Waals surface area contributed by atoms with Crippen LogP contribution in [0.25, 0.3) is 0 Å². The summed E-state index contributed by atoms with van der Waals surface area (Å²) in [7, 11) is -4.99. The van der Waals surface area contributed by atoms with E-state index in [9.17, 15) is 31.2 Å². The van der Waals surface area contributed by atoms with Crippen molar-refractivity contribution in [2.45, 2.75) is 18.8 Å². The van der Waals surface area contributed by atoms with Gasteiger partial charge in [0.1, 0.15) is 18.4 Å². The second-order valence-corrected chi connectivity index (χ2v) is 8.86. The molecule has 8 nitrogen and oxygen atoms in total. The van der Waals surface area contributed by atoms with E-state index >= 15 is 0 Å². The van der Waals surface area contributed by atoms with E-state index in [1.165, 1.54) is 17.4 Å². The molecule has 0 heterocycles. The van der Waals surface area contributed by atoms with E-state index in [-0.39, 0.29) is 17.9 Å². The van der Waals surface area contributed by atoms with Crippen LogP contribution in [0.2, 0.25) is 0 Å². The van der Waals surface area contributed by atoms with E-state index in [2.05, 4.69) is 5.32 Å². The van der Waals surface area contributed by atoms with Crippen molar-refractivity contribution >= 4 is 50.4 Å². The molecule has 0 saturated heterocycles. The highest BCUT2D eigenvalue weighted by atomic mass is 127. The topological polar surface area (TPSA) is 122 Å². The van der Waals surface area contributed by atoms with Gasteiger partial charge >= 0.3 is 12.3 Å². The summed E-state index contributed by atoms with van der Waals surface area (Å²) in [5.74, 6) is -2.92. The summed E-state index contributed by atoms with van der Waals surface area (Å²) in [6.45, 7) is 0.0241. The molecule has 2 amide bonds. The summed E-state index contributed by atoms with van der Waals surface area (Å²) in [6.07, 6.45) is -5.87. The van der Waals surface area contributed by atoms with Gasteiger partial charge in [-0.05, 0) is 46.4 Å². The lowest BCUT2D eigenvalue weighted by molar-refractivity contribution is -0.148. The first-order valence-corrected chi connectivity index (χ1v) is 11.1. The summed E-state index contributed by atoms with van der Waals surface area (Å²) in [4.78, 5) is 24.1. The monoisotopic (exact) mass is 572 g/mol. The van der Waals surface area contributed by atoms with Gasteiger partial charge in [-0.3, -0.25) is 14.7 Å². The maximum Gasteiger partial charge on any atom is 0.411 e. The molecule has 1 unspecified atom stereocenters. The fourth-order valence-electron chi connectivity index (χ4n) is 2.30. The molecule has 3 N–H and O–H groups in total. The van der Waals surface area contributed by atoms with Gasteiger partial charge in [0.15, 0.2) is 0 Å². The SMILES string of the molecule is O=C(Nc1ccc(C(=O)NC(CS(=O)(=O)O)C(F)(F)F)cc1I)OCc1ccccc1. The number of alkyl halides is 3. The fraction of sp³-hybridized carbons (Fsp3) is 0.222. The first-order valence-electron chi connectivity index (χ1n) is 8.45. The predicted molar refractivity (Wildman–Crippen MR) is 113 cm³/mol. The number of amides is 2. The summed E-state index contributed by atoms with van der Waals surface area (Å²) in [5.41, 5.74) is 0.807. The van der Waals surface area contributed by atoms with Gasteiger partial charge in [0, 0.05) is 9.13 Å². The molecule has 0 aliphatic carbocycles. The third kappa shape index (κ3) is 8.34. The van der Waals surface area contributed by atoms with Crippen LogP contribution in [0.1, 0.15) is 15.9 Å². The molecule has 0 aliphatic heterocycles. The molecule has 2 aromatic rings. The highest BCUT2D eigenvalue weighted by molar-refractivity contribution is 14.1. The Morgan fingerprint density at radius 3 is 2.32 bits per heavy atom. The van der Waals surface area contributed by atoms with Gasteiger partial charge in [-0.25, -0.2) is 4.79 Å². The fourth-order valence-corrected chi connectivity index (χ4v) is 3.64. The Kier molecular flexibility index (Phi) is 8.25. The first kappa shape index (κ1) is 24.9. The molecule has 0 aliphatic rings. The molecule has 0 spiro atoms. The minimum absolute atomic E-state index is 0.0241. The van der Waals surface area contributed by atoms with Gasteiger partial charge in [0.05, 0.1) is 5.69 Å². The van der Waals surface area contributed by atoms with E-state index in [0.717, 1.165) is 11.6 Å². The molecule has 2 aromatic carbocycles. The van der Waals surface area contributed by atoms with Gasteiger partial charge in [-0.1, -0.05) is 30.3 Å². The van der Waals surface area contributed by atoms with Crippen LogP contribution in [-0.2, 0) is 21.5 Å². The summed E-state index contributed by atoms with van der Waals surface area (Å²) < 4.78 is 74.5. The Morgan fingerprint density at radius 2 is 1.77 bits per heavy atom. The maximum absolute atomic E-state index is 13.0. The Hall–Kier alpha value is -2.39. The summed E-state index contributed by atoms with van der Waals surface area (Å²) in [6, 6.07) is 9.73. The smallest absolute Gasteiger partial charge is 0.411 e. The molecule has 0 radical (unpaired) electrons. The number of hydrogen-bond acceptors (Lipinski definition) is 5. The van der Waals surface area contributed by atoms with Gasteiger partial charge in [0.25, 0.3) is 16.0 Å². The van der Waals surface area contributed by atoms with Crippen molar-refractivity contribution in [2.24, 2.45) is 0 Å². The highest BCUT2D eigenvalue weighted by Crippen LogP contribution is 2.23. The van der Waals surface area contributed by atoms with E-state index < -0.39 is 40.1 Å². The molecule has 2 rings (SSSR count). The Bertz CT molecular complexity index is 1050. The quantitative estimate of drug-likeness (QED) is 0.345. The normalized spacial score (nSPS) is 12.7. The number of nitrogens with one attached hydrogen (secondary N) is 2. The van der Waals surface area contributed by atoms with Gasteiger partial charge < -0.3 is 10.1 Å². The summed E-state index contributed by atoms with van der Waals surface area (Å²) in [5, 5.41) is 3.99. The molecule has 0 saturated carbocycles. The highest BCUT2D eigenvalue weighted by Gasteiger charge is 2.43. The lowest BCUT2D eigenvalue weighted by Crippen LogP contribution is -2.49. The van der Waals surface area contributed by atoms with Crippen molar-refractivity contribution in [1.82, 2.24) is 5.32 Å². The average molecular weight is 572 g/mol. The molecule has 168 valence electrons. The van der Waals surface area contributed by atoms with E-state index in [4.69, 9.17) is 9.29 Å².